The number of fused-ring (bicyclic) bond motifs is 7. The number of nitrogens with zero attached hydrogens (tertiary/aromatic N) is 3. The number of hydrogen-bond acceptors (Lipinski definition) is 4. The molecule has 0 amide bonds. The van der Waals surface area contributed by atoms with Crippen LogP contribution in [0.2, 0.25) is 0 Å². The van der Waals surface area contributed by atoms with Crippen molar-refractivity contribution in [3.8, 4) is 67.5 Å². The normalized spacial score (nSPS) is 11.6. The van der Waals surface area contributed by atoms with E-state index in [9.17, 15) is 0 Å². The second-order valence-electron chi connectivity index (χ2n) is 15.6. The van der Waals surface area contributed by atoms with Gasteiger partial charge in [0.05, 0.1) is 0 Å². The summed E-state index contributed by atoms with van der Waals surface area (Å²) in [5.41, 5.74) is 9.77. The molecule has 0 N–H and O–H groups in total. The van der Waals surface area contributed by atoms with E-state index in [0.29, 0.717) is 17.5 Å². The minimum Gasteiger partial charge on any atom is -0.208 e. The topological polar surface area (TPSA) is 38.7 Å². The van der Waals surface area contributed by atoms with Crippen LogP contribution in [-0.4, -0.2) is 15.0 Å². The summed E-state index contributed by atoms with van der Waals surface area (Å²) < 4.78 is 2.60. The standard InChI is InChI=1S/C57H35N3S/c1-2-11-36(12-3-1)42-15-10-16-45(33-42)57-59-55(40-25-21-37(22-26-40)43-30-31-49-48-19-8-9-20-52(48)61-53(49)35-43)58-56(60-57)41-27-23-39(24-28-41)54-47-18-7-5-14-44(47)34-51-46-17-6-4-13-38(46)29-32-50(51)54/h1-35H. The van der Waals surface area contributed by atoms with Crippen molar-refractivity contribution < 1.29 is 0 Å². The Kier molecular flexibility index (Phi) is 8.36. The summed E-state index contributed by atoms with van der Waals surface area (Å²) in [6.07, 6.45) is 0. The van der Waals surface area contributed by atoms with E-state index in [0.717, 1.165) is 38.9 Å². The Morgan fingerprint density at radius 2 is 0.754 bits per heavy atom. The van der Waals surface area contributed by atoms with Crippen LogP contribution in [0.3, 0.4) is 0 Å². The van der Waals surface area contributed by atoms with Crippen LogP contribution < -0.4 is 0 Å². The number of benzene rings is 10. The van der Waals surface area contributed by atoms with Crippen molar-refractivity contribution in [1.29, 1.82) is 0 Å². The van der Waals surface area contributed by atoms with Crippen molar-refractivity contribution >= 4 is 63.8 Å². The minimum absolute atomic E-state index is 0.629. The molecule has 0 unspecified atom stereocenters. The highest BCUT2D eigenvalue weighted by Gasteiger charge is 2.16. The van der Waals surface area contributed by atoms with Gasteiger partial charge >= 0.3 is 0 Å². The van der Waals surface area contributed by atoms with Gasteiger partial charge in [-0.2, -0.15) is 0 Å². The van der Waals surface area contributed by atoms with Crippen molar-refractivity contribution in [1.82, 2.24) is 15.0 Å². The molecule has 0 aliphatic rings. The lowest BCUT2D eigenvalue weighted by Gasteiger charge is -2.14. The fraction of sp³-hybridized carbons (Fsp3) is 0. The van der Waals surface area contributed by atoms with Crippen LogP contribution in [0.1, 0.15) is 0 Å². The first-order valence-electron chi connectivity index (χ1n) is 20.6. The Labute approximate surface area is 356 Å². The van der Waals surface area contributed by atoms with Crippen molar-refractivity contribution in [2.45, 2.75) is 0 Å². The molecular formula is C57H35N3S. The molecule has 0 spiro atoms. The molecule has 2 heterocycles. The van der Waals surface area contributed by atoms with Gasteiger partial charge in [0.25, 0.3) is 0 Å². The Bertz CT molecular complexity index is 3630. The van der Waals surface area contributed by atoms with Crippen LogP contribution in [-0.2, 0) is 0 Å². The second-order valence-corrected chi connectivity index (χ2v) is 16.7. The van der Waals surface area contributed by atoms with Crippen LogP contribution in [0, 0.1) is 0 Å². The second kappa shape index (κ2) is 14.5. The lowest BCUT2D eigenvalue weighted by atomic mass is 9.89. The first kappa shape index (κ1) is 35.2. The molecule has 0 atom stereocenters. The van der Waals surface area contributed by atoms with Gasteiger partial charge in [0, 0.05) is 36.9 Å². The van der Waals surface area contributed by atoms with Gasteiger partial charge in [-0.25, -0.2) is 15.0 Å². The monoisotopic (exact) mass is 793 g/mol. The lowest BCUT2D eigenvalue weighted by Crippen LogP contribution is -2.00. The molecule has 12 aromatic rings. The molecule has 0 aliphatic carbocycles. The molecule has 0 saturated carbocycles. The van der Waals surface area contributed by atoms with Gasteiger partial charge in [-0.1, -0.05) is 188 Å². The van der Waals surface area contributed by atoms with Crippen molar-refractivity contribution in [3.63, 3.8) is 0 Å². The summed E-state index contributed by atoms with van der Waals surface area (Å²) in [4.78, 5) is 15.5. The summed E-state index contributed by atoms with van der Waals surface area (Å²) in [5.74, 6) is 1.89. The molecule has 4 heteroatoms. The Hall–Kier alpha value is -7.79. The molecule has 12 rings (SSSR count). The predicted octanol–water partition coefficient (Wildman–Crippen LogP) is 15.7. The molecule has 0 saturated heterocycles. The summed E-state index contributed by atoms with van der Waals surface area (Å²) in [5, 5.41) is 10.1. The van der Waals surface area contributed by atoms with E-state index in [4.69, 9.17) is 15.0 Å². The Morgan fingerprint density at radius 1 is 0.246 bits per heavy atom. The third-order valence-electron chi connectivity index (χ3n) is 11.9. The Balaban J connectivity index is 0.965. The number of thiophene rings is 1. The number of aromatic nitrogens is 3. The third-order valence-corrected chi connectivity index (χ3v) is 13.1. The Morgan fingerprint density at radius 3 is 1.52 bits per heavy atom. The number of rotatable bonds is 6. The fourth-order valence-corrected chi connectivity index (χ4v) is 10.0. The summed E-state index contributed by atoms with van der Waals surface area (Å²) in [6, 6.07) is 75.9. The zero-order chi connectivity index (χ0) is 40.3. The fourth-order valence-electron chi connectivity index (χ4n) is 8.87. The summed E-state index contributed by atoms with van der Waals surface area (Å²) in [7, 11) is 0. The van der Waals surface area contributed by atoms with Gasteiger partial charge in [-0.3, -0.25) is 0 Å². The SMILES string of the molecule is c1ccc(-c2cccc(-c3nc(-c4ccc(-c5ccc6c(c5)sc5ccccc56)cc4)nc(-c4ccc(-c5c6ccccc6cc6c5ccc5ccccc56)cc4)n3)c2)cc1. The zero-order valence-electron chi connectivity index (χ0n) is 33.0. The van der Waals surface area contributed by atoms with Gasteiger partial charge in [-0.15, -0.1) is 11.3 Å². The molecule has 0 bridgehead atoms. The maximum absolute atomic E-state index is 5.16. The van der Waals surface area contributed by atoms with E-state index in [1.54, 1.807) is 0 Å². The summed E-state index contributed by atoms with van der Waals surface area (Å²) in [6.45, 7) is 0. The number of hydrogen-bond donors (Lipinski definition) is 0. The smallest absolute Gasteiger partial charge is 0.164 e. The van der Waals surface area contributed by atoms with E-state index in [-0.39, 0.29) is 0 Å². The largest absolute Gasteiger partial charge is 0.208 e. The molecule has 0 aliphatic heterocycles. The van der Waals surface area contributed by atoms with E-state index >= 15 is 0 Å². The average molecular weight is 794 g/mol. The maximum Gasteiger partial charge on any atom is 0.164 e. The van der Waals surface area contributed by atoms with Crippen molar-refractivity contribution in [2.24, 2.45) is 0 Å². The molecule has 0 radical (unpaired) electrons. The average Bonchev–Trinajstić information content (AvgIpc) is 3.71. The third kappa shape index (κ3) is 6.24. The minimum atomic E-state index is 0.629. The summed E-state index contributed by atoms with van der Waals surface area (Å²) >= 11 is 1.84. The molecule has 0 fully saturated rings. The molecule has 284 valence electrons. The molecule has 10 aromatic carbocycles. The van der Waals surface area contributed by atoms with Crippen LogP contribution in [0.25, 0.3) is 120 Å². The van der Waals surface area contributed by atoms with E-state index < -0.39 is 0 Å². The van der Waals surface area contributed by atoms with E-state index in [2.05, 4.69) is 206 Å². The quantitative estimate of drug-likeness (QED) is 0.124. The van der Waals surface area contributed by atoms with Gasteiger partial charge in [0.1, 0.15) is 0 Å². The van der Waals surface area contributed by atoms with Crippen LogP contribution in [0.15, 0.2) is 212 Å². The highest BCUT2D eigenvalue weighted by atomic mass is 32.1. The first-order valence-corrected chi connectivity index (χ1v) is 21.4. The van der Waals surface area contributed by atoms with Gasteiger partial charge < -0.3 is 0 Å². The highest BCUT2D eigenvalue weighted by molar-refractivity contribution is 7.25. The first-order chi connectivity index (χ1) is 30.2. The zero-order valence-corrected chi connectivity index (χ0v) is 33.8. The molecule has 61 heavy (non-hydrogen) atoms. The van der Waals surface area contributed by atoms with Crippen LogP contribution >= 0.6 is 11.3 Å². The van der Waals surface area contributed by atoms with Crippen molar-refractivity contribution in [2.75, 3.05) is 0 Å². The predicted molar refractivity (Wildman–Crippen MR) is 258 cm³/mol. The maximum atomic E-state index is 5.16. The van der Waals surface area contributed by atoms with Crippen molar-refractivity contribution in [3.05, 3.63) is 212 Å². The lowest BCUT2D eigenvalue weighted by molar-refractivity contribution is 1.07. The van der Waals surface area contributed by atoms with E-state index in [1.807, 2.05) is 17.4 Å². The molecular weight excluding hydrogens is 759 g/mol. The highest BCUT2D eigenvalue weighted by Crippen LogP contribution is 2.41. The molecule has 3 nitrogen and oxygen atoms in total. The van der Waals surface area contributed by atoms with Gasteiger partial charge in [0.15, 0.2) is 17.5 Å². The molecule has 2 aromatic heterocycles. The van der Waals surface area contributed by atoms with E-state index in [1.165, 1.54) is 63.6 Å². The van der Waals surface area contributed by atoms with Crippen LogP contribution in [0.4, 0.5) is 0 Å². The van der Waals surface area contributed by atoms with Gasteiger partial charge in [0.2, 0.25) is 0 Å². The van der Waals surface area contributed by atoms with Gasteiger partial charge in [-0.05, 0) is 90.0 Å². The van der Waals surface area contributed by atoms with Crippen LogP contribution in [0.5, 0.6) is 0 Å².